The largest absolute Gasteiger partial charge is 0.343 e. The minimum absolute atomic E-state index is 0.0543. The minimum Gasteiger partial charge on any atom is -0.343 e. The van der Waals surface area contributed by atoms with Gasteiger partial charge in [0.05, 0.1) is 0 Å². The van der Waals surface area contributed by atoms with E-state index in [2.05, 4.69) is 4.98 Å². The van der Waals surface area contributed by atoms with Gasteiger partial charge in [0.2, 0.25) is 0 Å². The topological polar surface area (TPSA) is 50.3 Å². The monoisotopic (exact) mass is 192 g/mol. The summed E-state index contributed by atoms with van der Waals surface area (Å²) in [6.07, 6.45) is 1.42. The van der Waals surface area contributed by atoms with Gasteiger partial charge in [-0.25, -0.2) is 0 Å². The fourth-order valence-electron chi connectivity index (χ4n) is 0.958. The fourth-order valence-corrected chi connectivity index (χ4v) is 0.958. The van der Waals surface area contributed by atoms with Crippen molar-refractivity contribution in [2.75, 3.05) is 14.1 Å². The van der Waals surface area contributed by atoms with Crippen LogP contribution in [0.15, 0.2) is 18.3 Å². The molecule has 0 aromatic carbocycles. The van der Waals surface area contributed by atoms with Gasteiger partial charge in [-0.15, -0.1) is 0 Å². The zero-order valence-corrected chi connectivity index (χ0v) is 8.44. The van der Waals surface area contributed by atoms with Gasteiger partial charge < -0.3 is 4.90 Å². The average molecular weight is 192 g/mol. The highest BCUT2D eigenvalue weighted by molar-refractivity contribution is 5.95. The smallest absolute Gasteiger partial charge is 0.271 e. The van der Waals surface area contributed by atoms with E-state index >= 15 is 0 Å². The van der Waals surface area contributed by atoms with Crippen LogP contribution in [0.2, 0.25) is 0 Å². The molecule has 0 aliphatic rings. The molecule has 4 heteroatoms. The number of carbonyl (C=O) groups excluding carboxylic acids is 2. The summed E-state index contributed by atoms with van der Waals surface area (Å²) in [6, 6.07) is 3.16. The number of pyridine rings is 1. The van der Waals surface area contributed by atoms with Crippen LogP contribution in [0.3, 0.4) is 0 Å². The first-order valence-corrected chi connectivity index (χ1v) is 4.21. The average Bonchev–Trinajstić information content (AvgIpc) is 2.16. The molecule has 0 bridgehead atoms. The maximum Gasteiger partial charge on any atom is 0.271 e. The van der Waals surface area contributed by atoms with Crippen molar-refractivity contribution in [3.05, 3.63) is 29.6 Å². The Bertz CT molecular complexity index is 355. The van der Waals surface area contributed by atoms with Crippen LogP contribution in [0.1, 0.15) is 27.8 Å². The van der Waals surface area contributed by atoms with E-state index in [1.807, 2.05) is 0 Å². The predicted octanol–water partition coefficient (Wildman–Crippen LogP) is 0.986. The number of nitrogens with zero attached hydrogens (tertiary/aromatic N) is 2. The molecule has 0 N–H and O–H groups in total. The van der Waals surface area contributed by atoms with Crippen molar-refractivity contribution in [1.82, 2.24) is 9.88 Å². The van der Waals surface area contributed by atoms with Crippen molar-refractivity contribution in [3.8, 4) is 0 Å². The van der Waals surface area contributed by atoms with Gasteiger partial charge in [-0.1, -0.05) is 0 Å². The zero-order valence-electron chi connectivity index (χ0n) is 8.44. The third-order valence-corrected chi connectivity index (χ3v) is 1.80. The van der Waals surface area contributed by atoms with Crippen molar-refractivity contribution >= 4 is 11.7 Å². The highest BCUT2D eigenvalue weighted by Gasteiger charge is 2.09. The van der Waals surface area contributed by atoms with Gasteiger partial charge in [0.25, 0.3) is 5.91 Å². The highest BCUT2D eigenvalue weighted by atomic mass is 16.2. The summed E-state index contributed by atoms with van der Waals surface area (Å²) < 4.78 is 0. The minimum atomic E-state index is -0.167. The molecule has 0 saturated carbocycles. The summed E-state index contributed by atoms with van der Waals surface area (Å²) in [4.78, 5) is 27.7. The van der Waals surface area contributed by atoms with Crippen LogP contribution in [0, 0.1) is 0 Å². The molecule has 14 heavy (non-hydrogen) atoms. The normalized spacial score (nSPS) is 9.64. The molecule has 1 aromatic rings. The molecule has 0 aliphatic carbocycles. The lowest BCUT2D eigenvalue weighted by atomic mass is 10.2. The lowest BCUT2D eigenvalue weighted by molar-refractivity contribution is 0.0821. The lowest BCUT2D eigenvalue weighted by Crippen LogP contribution is -2.22. The summed E-state index contributed by atoms with van der Waals surface area (Å²) in [5.74, 6) is -0.221. The zero-order chi connectivity index (χ0) is 10.7. The number of hydrogen-bond acceptors (Lipinski definition) is 3. The van der Waals surface area contributed by atoms with Gasteiger partial charge in [0.15, 0.2) is 5.78 Å². The van der Waals surface area contributed by atoms with Gasteiger partial charge in [-0.2, -0.15) is 0 Å². The van der Waals surface area contributed by atoms with E-state index in [9.17, 15) is 9.59 Å². The van der Waals surface area contributed by atoms with Gasteiger partial charge >= 0.3 is 0 Å². The molecular weight excluding hydrogens is 180 g/mol. The van der Waals surface area contributed by atoms with E-state index in [0.29, 0.717) is 11.3 Å². The number of amides is 1. The van der Waals surface area contributed by atoms with Crippen LogP contribution in [-0.4, -0.2) is 35.7 Å². The predicted molar refractivity (Wildman–Crippen MR) is 52.3 cm³/mol. The van der Waals surface area contributed by atoms with Crippen LogP contribution in [0.5, 0.6) is 0 Å². The molecular formula is C10H12N2O2. The molecule has 1 amide bonds. The Morgan fingerprint density at radius 2 is 1.93 bits per heavy atom. The Labute approximate surface area is 82.6 Å². The highest BCUT2D eigenvalue weighted by Crippen LogP contribution is 2.02. The number of hydrogen-bond donors (Lipinski definition) is 0. The number of carbonyl (C=O) groups is 2. The van der Waals surface area contributed by atoms with E-state index in [-0.39, 0.29) is 11.7 Å². The maximum atomic E-state index is 11.4. The fraction of sp³-hybridized carbons (Fsp3) is 0.300. The van der Waals surface area contributed by atoms with Crippen LogP contribution < -0.4 is 0 Å². The summed E-state index contributed by atoms with van der Waals surface area (Å²) in [7, 11) is 3.31. The molecule has 0 fully saturated rings. The van der Waals surface area contributed by atoms with Crippen molar-refractivity contribution < 1.29 is 9.59 Å². The molecule has 0 saturated heterocycles. The molecule has 1 heterocycles. The number of rotatable bonds is 2. The summed E-state index contributed by atoms with van der Waals surface area (Å²) >= 11 is 0. The first kappa shape index (κ1) is 10.4. The van der Waals surface area contributed by atoms with Crippen molar-refractivity contribution in [2.24, 2.45) is 0 Å². The van der Waals surface area contributed by atoms with Crippen LogP contribution >= 0.6 is 0 Å². The summed E-state index contributed by atoms with van der Waals surface area (Å²) in [6.45, 7) is 1.46. The molecule has 4 nitrogen and oxygen atoms in total. The maximum absolute atomic E-state index is 11.4. The second-order valence-corrected chi connectivity index (χ2v) is 3.19. The molecule has 0 unspecified atom stereocenters. The molecule has 0 atom stereocenters. The molecule has 1 aromatic heterocycles. The van der Waals surface area contributed by atoms with Gasteiger partial charge in [-0.05, 0) is 19.1 Å². The standard InChI is InChI=1S/C10H12N2O2/c1-7(13)8-4-5-9(11-6-8)10(14)12(2)3/h4-6H,1-3H3. The van der Waals surface area contributed by atoms with Gasteiger partial charge in [0, 0.05) is 25.9 Å². The molecule has 74 valence electrons. The molecule has 0 aliphatic heterocycles. The van der Waals surface area contributed by atoms with Crippen LogP contribution in [0.25, 0.3) is 0 Å². The first-order valence-electron chi connectivity index (χ1n) is 4.21. The van der Waals surface area contributed by atoms with E-state index in [1.165, 1.54) is 18.0 Å². The summed E-state index contributed by atoms with van der Waals surface area (Å²) in [5.41, 5.74) is 0.861. The summed E-state index contributed by atoms with van der Waals surface area (Å²) in [5, 5.41) is 0. The third kappa shape index (κ3) is 2.16. The Morgan fingerprint density at radius 1 is 1.29 bits per heavy atom. The SMILES string of the molecule is CC(=O)c1ccc(C(=O)N(C)C)nc1. The lowest BCUT2D eigenvalue weighted by Gasteiger charge is -2.08. The molecule has 0 spiro atoms. The number of Topliss-reactive ketones (excluding diaryl/α,β-unsaturated/α-hetero) is 1. The van der Waals surface area contributed by atoms with Crippen molar-refractivity contribution in [2.45, 2.75) is 6.92 Å². The van der Waals surface area contributed by atoms with E-state index < -0.39 is 0 Å². The van der Waals surface area contributed by atoms with Crippen LogP contribution in [0.4, 0.5) is 0 Å². The van der Waals surface area contributed by atoms with Crippen molar-refractivity contribution in [3.63, 3.8) is 0 Å². The second-order valence-electron chi connectivity index (χ2n) is 3.19. The number of aromatic nitrogens is 1. The Kier molecular flexibility index (Phi) is 2.96. The third-order valence-electron chi connectivity index (χ3n) is 1.80. The van der Waals surface area contributed by atoms with Crippen LogP contribution in [-0.2, 0) is 0 Å². The molecule has 1 rings (SSSR count). The van der Waals surface area contributed by atoms with E-state index in [1.54, 1.807) is 26.2 Å². The Balaban J connectivity index is 2.94. The molecule has 0 radical (unpaired) electrons. The number of ketones is 1. The van der Waals surface area contributed by atoms with Gasteiger partial charge in [-0.3, -0.25) is 14.6 Å². The first-order chi connectivity index (χ1) is 6.52. The van der Waals surface area contributed by atoms with Crippen molar-refractivity contribution in [1.29, 1.82) is 0 Å². The Morgan fingerprint density at radius 3 is 2.29 bits per heavy atom. The Hall–Kier alpha value is -1.71. The van der Waals surface area contributed by atoms with E-state index in [0.717, 1.165) is 0 Å². The quantitative estimate of drug-likeness (QED) is 0.656. The van der Waals surface area contributed by atoms with Gasteiger partial charge in [0.1, 0.15) is 5.69 Å². The van der Waals surface area contributed by atoms with E-state index in [4.69, 9.17) is 0 Å². The second kappa shape index (κ2) is 4.00.